The number of ketones is 1. The zero-order valence-electron chi connectivity index (χ0n) is 9.83. The van der Waals surface area contributed by atoms with Gasteiger partial charge in [0, 0.05) is 35.3 Å². The van der Waals surface area contributed by atoms with E-state index in [9.17, 15) is 14.9 Å². The molecule has 0 N–H and O–H groups in total. The Bertz CT molecular complexity index is 549. The topological polar surface area (TPSA) is 60.2 Å². The Morgan fingerprint density at radius 2 is 2.00 bits per heavy atom. The van der Waals surface area contributed by atoms with Crippen molar-refractivity contribution in [3.05, 3.63) is 52.1 Å². The van der Waals surface area contributed by atoms with Gasteiger partial charge in [-0.05, 0) is 12.0 Å². The van der Waals surface area contributed by atoms with Gasteiger partial charge in [0.25, 0.3) is 5.54 Å². The van der Waals surface area contributed by atoms with E-state index in [1.165, 1.54) is 0 Å². The summed E-state index contributed by atoms with van der Waals surface area (Å²) in [6.07, 6.45) is 3.17. The van der Waals surface area contributed by atoms with E-state index in [0.717, 1.165) is 11.1 Å². The van der Waals surface area contributed by atoms with Crippen LogP contribution in [0.15, 0.2) is 36.4 Å². The van der Waals surface area contributed by atoms with E-state index in [-0.39, 0.29) is 16.6 Å². The molecule has 2 aliphatic carbocycles. The van der Waals surface area contributed by atoms with Crippen LogP contribution >= 0.6 is 0 Å². The van der Waals surface area contributed by atoms with Crippen molar-refractivity contribution in [3.8, 4) is 0 Å². The van der Waals surface area contributed by atoms with Crippen molar-refractivity contribution >= 4 is 11.4 Å². The van der Waals surface area contributed by atoms with Crippen LogP contribution in [0.2, 0.25) is 0 Å². The van der Waals surface area contributed by atoms with Gasteiger partial charge in [-0.3, -0.25) is 14.9 Å². The van der Waals surface area contributed by atoms with Crippen molar-refractivity contribution < 1.29 is 9.72 Å². The van der Waals surface area contributed by atoms with E-state index in [2.05, 4.69) is 0 Å². The molecule has 0 aliphatic heterocycles. The Morgan fingerprint density at radius 3 is 2.56 bits per heavy atom. The summed E-state index contributed by atoms with van der Waals surface area (Å²) in [5.74, 6) is -0.0101. The first kappa shape index (κ1) is 11.1. The second kappa shape index (κ2) is 3.77. The number of nitrogens with zero attached hydrogens (tertiary/aromatic N) is 1. The molecule has 0 saturated heterocycles. The lowest BCUT2D eigenvalue weighted by molar-refractivity contribution is -0.536. The molecule has 0 spiro atoms. The molecule has 0 amide bonds. The summed E-state index contributed by atoms with van der Waals surface area (Å²) in [4.78, 5) is 22.5. The summed E-state index contributed by atoms with van der Waals surface area (Å²) in [5.41, 5.74) is 0.592. The predicted octanol–water partition coefficient (Wildman–Crippen LogP) is 2.47. The second-order valence-corrected chi connectivity index (χ2v) is 4.98. The van der Waals surface area contributed by atoms with Crippen LogP contribution < -0.4 is 0 Å². The highest BCUT2D eigenvalue weighted by Gasteiger charge is 2.63. The van der Waals surface area contributed by atoms with Crippen LogP contribution in [0.3, 0.4) is 0 Å². The van der Waals surface area contributed by atoms with Gasteiger partial charge in [-0.2, -0.15) is 0 Å². The Morgan fingerprint density at radius 1 is 1.28 bits per heavy atom. The second-order valence-electron chi connectivity index (χ2n) is 4.98. The third-order valence-electron chi connectivity index (χ3n) is 3.97. The minimum absolute atomic E-state index is 0.147. The molecule has 3 rings (SSSR count). The Hall–Kier alpha value is -1.97. The largest absolute Gasteiger partial charge is 0.300 e. The number of nitro groups is 1. The summed E-state index contributed by atoms with van der Waals surface area (Å²) in [5, 5.41) is 11.4. The van der Waals surface area contributed by atoms with E-state index in [0.29, 0.717) is 19.3 Å². The number of rotatable bonds is 3. The van der Waals surface area contributed by atoms with Gasteiger partial charge in [0.05, 0.1) is 0 Å². The summed E-state index contributed by atoms with van der Waals surface area (Å²) >= 11 is 0. The summed E-state index contributed by atoms with van der Waals surface area (Å²) in [7, 11) is 0. The molecular formula is C14H13NO3. The van der Waals surface area contributed by atoms with Crippen molar-refractivity contribution in [2.45, 2.75) is 24.8 Å². The van der Waals surface area contributed by atoms with Gasteiger partial charge >= 0.3 is 0 Å². The van der Waals surface area contributed by atoms with E-state index < -0.39 is 5.54 Å². The highest BCUT2D eigenvalue weighted by atomic mass is 16.6. The van der Waals surface area contributed by atoms with Crippen LogP contribution in [-0.4, -0.2) is 16.2 Å². The lowest BCUT2D eigenvalue weighted by Gasteiger charge is -2.16. The number of Topliss-reactive ketones (excluding diaryl/α,β-unsaturated/α-hetero) is 1. The molecule has 0 unspecified atom stereocenters. The average molecular weight is 243 g/mol. The number of carbonyl (C=O) groups is 1. The lowest BCUT2D eigenvalue weighted by atomic mass is 9.89. The molecule has 92 valence electrons. The number of carbonyl (C=O) groups excluding carboxylic acids is 1. The molecule has 0 bridgehead atoms. The van der Waals surface area contributed by atoms with Crippen molar-refractivity contribution in [1.29, 1.82) is 0 Å². The molecule has 4 heteroatoms. The molecule has 2 aliphatic rings. The zero-order valence-corrected chi connectivity index (χ0v) is 9.83. The number of benzene rings is 1. The normalized spacial score (nSPS) is 30.1. The van der Waals surface area contributed by atoms with Gasteiger partial charge in [0.1, 0.15) is 5.78 Å². The molecule has 4 nitrogen and oxygen atoms in total. The fourth-order valence-corrected chi connectivity index (χ4v) is 2.94. The van der Waals surface area contributed by atoms with Gasteiger partial charge in [-0.15, -0.1) is 0 Å². The van der Waals surface area contributed by atoms with Crippen LogP contribution in [0, 0.1) is 16.0 Å². The van der Waals surface area contributed by atoms with Crippen molar-refractivity contribution in [1.82, 2.24) is 0 Å². The quantitative estimate of drug-likeness (QED) is 0.605. The lowest BCUT2D eigenvalue weighted by Crippen LogP contribution is -2.33. The molecule has 0 radical (unpaired) electrons. The summed E-state index contributed by atoms with van der Waals surface area (Å²) in [6.45, 7) is 0. The van der Waals surface area contributed by atoms with Gasteiger partial charge < -0.3 is 0 Å². The molecule has 2 atom stereocenters. The monoisotopic (exact) mass is 243 g/mol. The summed E-state index contributed by atoms with van der Waals surface area (Å²) in [6, 6.07) is 9.40. The fraction of sp³-hybridized carbons (Fsp3) is 0.357. The fourth-order valence-electron chi connectivity index (χ4n) is 2.94. The van der Waals surface area contributed by atoms with Crippen LogP contribution in [-0.2, 0) is 4.79 Å². The maximum atomic E-state index is 11.4. The molecule has 18 heavy (non-hydrogen) atoms. The first-order valence-electron chi connectivity index (χ1n) is 6.09. The molecule has 1 aromatic rings. The Kier molecular flexibility index (Phi) is 2.33. The highest BCUT2D eigenvalue weighted by Crippen LogP contribution is 2.54. The van der Waals surface area contributed by atoms with Crippen LogP contribution in [0.4, 0.5) is 0 Å². The van der Waals surface area contributed by atoms with Crippen LogP contribution in [0.25, 0.3) is 5.57 Å². The van der Waals surface area contributed by atoms with Crippen molar-refractivity contribution in [2.24, 2.45) is 5.92 Å². The van der Waals surface area contributed by atoms with Gasteiger partial charge in [-0.25, -0.2) is 0 Å². The van der Waals surface area contributed by atoms with Crippen molar-refractivity contribution in [3.63, 3.8) is 0 Å². The van der Waals surface area contributed by atoms with Gasteiger partial charge in [0.15, 0.2) is 0 Å². The van der Waals surface area contributed by atoms with Crippen LogP contribution in [0.1, 0.15) is 24.8 Å². The minimum Gasteiger partial charge on any atom is -0.300 e. The first-order valence-corrected chi connectivity index (χ1v) is 6.09. The molecule has 1 saturated carbocycles. The van der Waals surface area contributed by atoms with Gasteiger partial charge in [0.2, 0.25) is 0 Å². The predicted molar refractivity (Wildman–Crippen MR) is 66.5 cm³/mol. The minimum atomic E-state index is -1.08. The SMILES string of the molecule is O=C1CC[C@@H]([C@]2([N+](=O)[O-])C=C2c2ccccc2)C1. The maximum Gasteiger partial charge on any atom is 0.269 e. The molecule has 1 aromatic carbocycles. The average Bonchev–Trinajstić information content (AvgIpc) is 3.00. The maximum absolute atomic E-state index is 11.4. The van der Waals surface area contributed by atoms with Gasteiger partial charge in [-0.1, -0.05) is 30.3 Å². The zero-order chi connectivity index (χ0) is 12.8. The van der Waals surface area contributed by atoms with E-state index >= 15 is 0 Å². The van der Waals surface area contributed by atoms with E-state index in [1.807, 2.05) is 30.3 Å². The number of hydrogen-bond acceptors (Lipinski definition) is 3. The Labute approximate surface area is 104 Å². The summed E-state index contributed by atoms with van der Waals surface area (Å²) < 4.78 is 0. The smallest absolute Gasteiger partial charge is 0.269 e. The van der Waals surface area contributed by atoms with E-state index in [4.69, 9.17) is 0 Å². The molecule has 0 heterocycles. The number of hydrogen-bond donors (Lipinski definition) is 0. The molecule has 1 fully saturated rings. The molecule has 0 aromatic heterocycles. The standard InChI is InChI=1S/C14H13NO3/c16-12-7-6-11(8-12)14(15(17)18)9-13(14)10-4-2-1-3-5-10/h1-5,9,11H,6-8H2/t11-,14-/m1/s1. The highest BCUT2D eigenvalue weighted by molar-refractivity contribution is 5.90. The third kappa shape index (κ3) is 1.49. The third-order valence-corrected chi connectivity index (χ3v) is 3.97. The van der Waals surface area contributed by atoms with E-state index in [1.54, 1.807) is 6.08 Å². The first-order chi connectivity index (χ1) is 8.64. The van der Waals surface area contributed by atoms with Crippen molar-refractivity contribution in [2.75, 3.05) is 0 Å². The van der Waals surface area contributed by atoms with Crippen LogP contribution in [0.5, 0.6) is 0 Å². The molecular weight excluding hydrogens is 230 g/mol. The Balaban J connectivity index is 1.90.